The number of hydrogen-bond donors (Lipinski definition) is 3. The van der Waals surface area contributed by atoms with Crippen molar-refractivity contribution >= 4 is 62.7 Å². The number of halogens is 1. The van der Waals surface area contributed by atoms with E-state index in [0.717, 1.165) is 3.57 Å². The quantitative estimate of drug-likeness (QED) is 0.223. The molecule has 0 bridgehead atoms. The molecule has 1 aromatic heterocycles. The fraction of sp³-hybridized carbons (Fsp3) is 0.0556. The van der Waals surface area contributed by atoms with Crippen LogP contribution in [0, 0.1) is 3.57 Å². The number of aromatic nitrogens is 1. The molecule has 0 radical (unpaired) electrons. The number of nitrogens with one attached hydrogen (secondary N) is 2. The van der Waals surface area contributed by atoms with E-state index in [2.05, 4.69) is 47.9 Å². The molecule has 1 heterocycles. The summed E-state index contributed by atoms with van der Waals surface area (Å²) in [5.41, 5.74) is 1.29. The predicted molar refractivity (Wildman–Crippen MR) is 109 cm³/mol. The summed E-state index contributed by atoms with van der Waals surface area (Å²) >= 11 is 2.10. The van der Waals surface area contributed by atoms with Gasteiger partial charge < -0.3 is 20.1 Å². The molecule has 3 N–H and O–H groups in total. The van der Waals surface area contributed by atoms with Crippen LogP contribution in [0.4, 0.5) is 11.4 Å². The van der Waals surface area contributed by atoms with E-state index in [0.29, 0.717) is 22.2 Å². The minimum atomic E-state index is -1.14. The molecule has 2 aromatic carbocycles. The number of hydrogen-bond acceptors (Lipinski definition) is 6. The predicted octanol–water partition coefficient (Wildman–Crippen LogP) is 3.51. The lowest BCUT2D eigenvalue weighted by Gasteiger charge is -2.03. The number of azo groups is 1. The fourth-order valence-corrected chi connectivity index (χ4v) is 2.86. The summed E-state index contributed by atoms with van der Waals surface area (Å²) in [7, 11) is 1.26. The number of methoxy groups -OCH3 is 1. The highest BCUT2D eigenvalue weighted by atomic mass is 127. The Morgan fingerprint density at radius 3 is 2.54 bits per heavy atom. The van der Waals surface area contributed by atoms with E-state index < -0.39 is 17.8 Å². The van der Waals surface area contributed by atoms with Crippen LogP contribution in [0.1, 0.15) is 10.4 Å². The van der Waals surface area contributed by atoms with E-state index in [1.54, 1.807) is 12.1 Å². The number of aromatic amines is 1. The smallest absolute Gasteiger partial charge is 0.353 e. The number of carbonyl (C=O) groups excluding carboxylic acids is 3. The molecule has 0 aliphatic rings. The highest BCUT2D eigenvalue weighted by molar-refractivity contribution is 14.1. The highest BCUT2D eigenvalue weighted by Gasteiger charge is 2.16. The van der Waals surface area contributed by atoms with Crippen LogP contribution in [0.15, 0.2) is 52.7 Å². The molecular formula is C18H13IN4O5. The van der Waals surface area contributed by atoms with E-state index in [1.807, 2.05) is 6.07 Å². The van der Waals surface area contributed by atoms with Gasteiger partial charge in [0.05, 0.1) is 18.2 Å². The molecule has 3 aromatic rings. The Morgan fingerprint density at radius 1 is 1.14 bits per heavy atom. The second-order valence-corrected chi connectivity index (χ2v) is 6.79. The van der Waals surface area contributed by atoms with E-state index in [9.17, 15) is 19.5 Å². The largest absolute Gasteiger partial charge is 0.493 e. The first-order valence-corrected chi connectivity index (χ1v) is 8.92. The zero-order valence-electron chi connectivity index (χ0n) is 14.4. The molecule has 2 amide bonds. The Kier molecular flexibility index (Phi) is 5.68. The first-order chi connectivity index (χ1) is 13.4. The van der Waals surface area contributed by atoms with Crippen LogP contribution in [0.3, 0.4) is 0 Å². The second kappa shape index (κ2) is 8.17. The first kappa shape index (κ1) is 19.5. The van der Waals surface area contributed by atoms with E-state index in [1.165, 1.54) is 31.4 Å². The van der Waals surface area contributed by atoms with E-state index in [-0.39, 0.29) is 11.6 Å². The summed E-state index contributed by atoms with van der Waals surface area (Å²) in [6, 6.07) is 11.1. The lowest BCUT2D eigenvalue weighted by atomic mass is 10.2. The monoisotopic (exact) mass is 492 g/mol. The van der Waals surface area contributed by atoms with Gasteiger partial charge in [0.25, 0.3) is 0 Å². The molecule has 3 rings (SSSR count). The molecule has 28 heavy (non-hydrogen) atoms. The van der Waals surface area contributed by atoms with Gasteiger partial charge >= 0.3 is 17.8 Å². The normalized spacial score (nSPS) is 10.9. The van der Waals surface area contributed by atoms with Gasteiger partial charge in [0.2, 0.25) is 5.88 Å². The molecule has 0 fully saturated rings. The van der Waals surface area contributed by atoms with Crippen molar-refractivity contribution in [2.75, 3.05) is 12.4 Å². The average molecular weight is 492 g/mol. The van der Waals surface area contributed by atoms with E-state index in [4.69, 9.17) is 0 Å². The number of aromatic hydroxyl groups is 1. The van der Waals surface area contributed by atoms with Crippen molar-refractivity contribution in [1.29, 1.82) is 0 Å². The van der Waals surface area contributed by atoms with Crippen molar-refractivity contribution in [3.63, 3.8) is 0 Å². The molecule has 0 saturated carbocycles. The highest BCUT2D eigenvalue weighted by Crippen LogP contribution is 2.36. The maximum absolute atomic E-state index is 12.0. The second-order valence-electron chi connectivity index (χ2n) is 5.54. The van der Waals surface area contributed by atoms with Crippen molar-refractivity contribution in [2.24, 2.45) is 10.2 Å². The van der Waals surface area contributed by atoms with Gasteiger partial charge in [-0.05, 0) is 65.1 Å². The topological polar surface area (TPSA) is 133 Å². The zero-order valence-corrected chi connectivity index (χ0v) is 16.6. The molecule has 0 spiro atoms. The van der Waals surface area contributed by atoms with Gasteiger partial charge in [0, 0.05) is 14.6 Å². The fourth-order valence-electron chi connectivity index (χ4n) is 2.37. The third-order valence-electron chi connectivity index (χ3n) is 3.71. The Balaban J connectivity index is 1.72. The first-order valence-electron chi connectivity index (χ1n) is 7.84. The molecule has 9 nitrogen and oxygen atoms in total. The Hall–Kier alpha value is -3.28. The number of amides is 2. The number of nitrogens with zero attached hydrogens (tertiary/aromatic N) is 2. The van der Waals surface area contributed by atoms with Crippen molar-refractivity contribution in [3.8, 4) is 5.88 Å². The minimum Gasteiger partial charge on any atom is -0.493 e. The number of rotatable bonds is 3. The maximum atomic E-state index is 12.0. The number of esters is 1. The van der Waals surface area contributed by atoms with Gasteiger partial charge in [-0.15, -0.1) is 10.2 Å². The molecule has 0 atom stereocenters. The van der Waals surface area contributed by atoms with Gasteiger partial charge in [0.15, 0.2) is 5.69 Å². The molecule has 10 heteroatoms. The lowest BCUT2D eigenvalue weighted by molar-refractivity contribution is -0.134. The maximum Gasteiger partial charge on any atom is 0.353 e. The van der Waals surface area contributed by atoms with Crippen LogP contribution in [-0.4, -0.2) is 35.0 Å². The summed E-state index contributed by atoms with van der Waals surface area (Å²) < 4.78 is 5.48. The summed E-state index contributed by atoms with van der Waals surface area (Å²) in [6.45, 7) is 0. The Bertz CT molecular complexity index is 1110. The van der Waals surface area contributed by atoms with Crippen LogP contribution < -0.4 is 5.32 Å². The average Bonchev–Trinajstić information content (AvgIpc) is 3.00. The number of fused-ring (bicyclic) bond motifs is 1. The van der Waals surface area contributed by atoms with Gasteiger partial charge in [-0.2, -0.15) is 0 Å². The van der Waals surface area contributed by atoms with Gasteiger partial charge in [-0.1, -0.05) is 0 Å². The van der Waals surface area contributed by atoms with Crippen LogP contribution in [0.2, 0.25) is 0 Å². The number of carbonyl (C=O) groups is 3. The Morgan fingerprint density at radius 2 is 1.86 bits per heavy atom. The zero-order chi connectivity index (χ0) is 20.3. The molecular weight excluding hydrogens is 479 g/mol. The van der Waals surface area contributed by atoms with Crippen LogP contribution >= 0.6 is 22.6 Å². The molecule has 0 unspecified atom stereocenters. The summed E-state index contributed by atoms with van der Waals surface area (Å²) in [5, 5.41) is 20.0. The molecule has 0 saturated heterocycles. The molecule has 142 valence electrons. The van der Waals surface area contributed by atoms with Crippen molar-refractivity contribution in [2.45, 2.75) is 0 Å². The standard InChI is InChI=1S/C18H13IN4O5/c1-28-18(27)9-2-5-11(6-3-9)20-16(25)17(26)23-22-14-12-8-10(19)4-7-13(12)21-15(14)24/h2-8,21,24H,1H3,(H,20,25). The molecule has 0 aliphatic heterocycles. The van der Waals surface area contributed by atoms with Gasteiger partial charge in [0.1, 0.15) is 0 Å². The summed E-state index contributed by atoms with van der Waals surface area (Å²) in [4.78, 5) is 38.0. The number of benzene rings is 2. The lowest BCUT2D eigenvalue weighted by Crippen LogP contribution is -2.20. The van der Waals surface area contributed by atoms with Crippen molar-refractivity contribution in [3.05, 3.63) is 51.6 Å². The number of ether oxygens (including phenoxy) is 1. The summed E-state index contributed by atoms with van der Waals surface area (Å²) in [5.74, 6) is -2.93. The summed E-state index contributed by atoms with van der Waals surface area (Å²) in [6.07, 6.45) is 0. The van der Waals surface area contributed by atoms with Crippen LogP contribution in [0.25, 0.3) is 10.9 Å². The van der Waals surface area contributed by atoms with E-state index >= 15 is 0 Å². The third kappa shape index (κ3) is 4.17. The number of H-pyrrole nitrogens is 1. The van der Waals surface area contributed by atoms with Gasteiger partial charge in [-0.3, -0.25) is 9.59 Å². The third-order valence-corrected chi connectivity index (χ3v) is 4.38. The van der Waals surface area contributed by atoms with Crippen LogP contribution in [0.5, 0.6) is 5.88 Å². The van der Waals surface area contributed by atoms with Crippen LogP contribution in [-0.2, 0) is 14.3 Å². The Labute approximate surface area is 171 Å². The number of anilines is 1. The minimum absolute atomic E-state index is 0.0668. The SMILES string of the molecule is COC(=O)c1ccc(NC(=O)C(=O)N=Nc2c(O)[nH]c3ccc(I)cc23)cc1. The molecule has 0 aliphatic carbocycles. The van der Waals surface area contributed by atoms with Crippen molar-refractivity contribution < 1.29 is 24.2 Å². The van der Waals surface area contributed by atoms with Crippen molar-refractivity contribution in [1.82, 2.24) is 4.98 Å². The van der Waals surface area contributed by atoms with Gasteiger partial charge in [-0.25, -0.2) is 4.79 Å².